The standard InChI is InChI=1S/C18H29NO2/c1-13(2)11-12-19-17(20)14(3)21-16-10-8-7-9-15(16)18(4,5)6/h7-10,13-14H,11-12H2,1-6H3,(H,19,20). The van der Waals surface area contributed by atoms with Crippen LogP contribution in [0.2, 0.25) is 0 Å². The first-order valence-electron chi connectivity index (χ1n) is 7.75. The number of amides is 1. The summed E-state index contributed by atoms with van der Waals surface area (Å²) in [6, 6.07) is 7.92. The Labute approximate surface area is 129 Å². The molecule has 0 aliphatic carbocycles. The van der Waals surface area contributed by atoms with Gasteiger partial charge in [-0.15, -0.1) is 0 Å². The van der Waals surface area contributed by atoms with Crippen LogP contribution >= 0.6 is 0 Å². The third-order valence-corrected chi connectivity index (χ3v) is 3.39. The lowest BCUT2D eigenvalue weighted by molar-refractivity contribution is -0.127. The van der Waals surface area contributed by atoms with Gasteiger partial charge in [0.25, 0.3) is 5.91 Å². The molecule has 0 spiro atoms. The highest BCUT2D eigenvalue weighted by atomic mass is 16.5. The van der Waals surface area contributed by atoms with Gasteiger partial charge < -0.3 is 10.1 Å². The molecule has 1 amide bonds. The van der Waals surface area contributed by atoms with Crippen LogP contribution in [-0.4, -0.2) is 18.6 Å². The summed E-state index contributed by atoms with van der Waals surface area (Å²) in [5.74, 6) is 1.32. The largest absolute Gasteiger partial charge is 0.481 e. The second-order valence-electron chi connectivity index (χ2n) is 6.98. The van der Waals surface area contributed by atoms with Gasteiger partial charge in [-0.3, -0.25) is 4.79 Å². The molecule has 3 nitrogen and oxygen atoms in total. The van der Waals surface area contributed by atoms with Gasteiger partial charge >= 0.3 is 0 Å². The first-order valence-corrected chi connectivity index (χ1v) is 7.75. The molecule has 1 aromatic carbocycles. The number of para-hydroxylation sites is 1. The minimum absolute atomic E-state index is 0.00949. The molecule has 0 bridgehead atoms. The molecule has 0 aliphatic rings. The first kappa shape index (κ1) is 17.5. The van der Waals surface area contributed by atoms with Crippen molar-refractivity contribution in [1.29, 1.82) is 0 Å². The zero-order chi connectivity index (χ0) is 16.0. The summed E-state index contributed by atoms with van der Waals surface area (Å²) in [7, 11) is 0. The minimum Gasteiger partial charge on any atom is -0.481 e. The molecule has 0 radical (unpaired) electrons. The van der Waals surface area contributed by atoms with Crippen molar-refractivity contribution in [1.82, 2.24) is 5.32 Å². The van der Waals surface area contributed by atoms with Crippen LogP contribution in [0.4, 0.5) is 0 Å². The van der Waals surface area contributed by atoms with E-state index in [1.54, 1.807) is 6.92 Å². The second kappa shape index (κ2) is 7.48. The maximum atomic E-state index is 12.1. The lowest BCUT2D eigenvalue weighted by Crippen LogP contribution is -2.37. The Hall–Kier alpha value is -1.51. The highest BCUT2D eigenvalue weighted by Crippen LogP contribution is 2.31. The topological polar surface area (TPSA) is 38.3 Å². The zero-order valence-corrected chi connectivity index (χ0v) is 14.2. The SMILES string of the molecule is CC(C)CCNC(=O)C(C)Oc1ccccc1C(C)(C)C. The Morgan fingerprint density at radius 1 is 1.19 bits per heavy atom. The molecule has 1 N–H and O–H groups in total. The fourth-order valence-corrected chi connectivity index (χ4v) is 2.06. The van der Waals surface area contributed by atoms with Crippen molar-refractivity contribution >= 4 is 5.91 Å². The number of benzene rings is 1. The average Bonchev–Trinajstić information content (AvgIpc) is 2.37. The van der Waals surface area contributed by atoms with E-state index in [1.807, 2.05) is 18.2 Å². The van der Waals surface area contributed by atoms with Crippen molar-refractivity contribution in [3.05, 3.63) is 29.8 Å². The smallest absolute Gasteiger partial charge is 0.260 e. The maximum absolute atomic E-state index is 12.1. The van der Waals surface area contributed by atoms with E-state index in [2.05, 4.69) is 46.0 Å². The number of nitrogens with one attached hydrogen (secondary N) is 1. The van der Waals surface area contributed by atoms with Gasteiger partial charge in [0.1, 0.15) is 5.75 Å². The number of carbonyl (C=O) groups is 1. The normalized spacial score (nSPS) is 13.1. The van der Waals surface area contributed by atoms with Gasteiger partial charge in [0.2, 0.25) is 0 Å². The second-order valence-corrected chi connectivity index (χ2v) is 6.98. The Morgan fingerprint density at radius 3 is 2.38 bits per heavy atom. The molecular formula is C18H29NO2. The molecular weight excluding hydrogens is 262 g/mol. The van der Waals surface area contributed by atoms with Crippen LogP contribution in [0.5, 0.6) is 5.75 Å². The Balaban J connectivity index is 2.67. The van der Waals surface area contributed by atoms with Gasteiger partial charge in [0, 0.05) is 6.54 Å². The molecule has 0 saturated heterocycles. The summed E-state index contributed by atoms with van der Waals surface area (Å²) in [6.07, 6.45) is 0.498. The fourth-order valence-electron chi connectivity index (χ4n) is 2.06. The van der Waals surface area contributed by atoms with Gasteiger partial charge in [-0.1, -0.05) is 52.8 Å². The number of carbonyl (C=O) groups excluding carboxylic acids is 1. The molecule has 3 heteroatoms. The minimum atomic E-state index is -0.485. The number of hydrogen-bond donors (Lipinski definition) is 1. The van der Waals surface area contributed by atoms with Crippen LogP contribution in [0, 0.1) is 5.92 Å². The summed E-state index contributed by atoms with van der Waals surface area (Å²) in [6.45, 7) is 13.2. The molecule has 0 fully saturated rings. The number of ether oxygens (including phenoxy) is 1. The van der Waals surface area contributed by atoms with E-state index in [-0.39, 0.29) is 11.3 Å². The summed E-state index contributed by atoms with van der Waals surface area (Å²) < 4.78 is 5.88. The lowest BCUT2D eigenvalue weighted by atomic mass is 9.86. The Morgan fingerprint density at radius 2 is 1.81 bits per heavy atom. The molecule has 1 unspecified atom stereocenters. The van der Waals surface area contributed by atoms with E-state index in [1.165, 1.54) is 0 Å². The van der Waals surface area contributed by atoms with Gasteiger partial charge in [-0.25, -0.2) is 0 Å². The highest BCUT2D eigenvalue weighted by Gasteiger charge is 2.21. The van der Waals surface area contributed by atoms with E-state index in [0.717, 1.165) is 17.7 Å². The third-order valence-electron chi connectivity index (χ3n) is 3.39. The van der Waals surface area contributed by atoms with Crippen molar-refractivity contribution in [3.8, 4) is 5.75 Å². The fraction of sp³-hybridized carbons (Fsp3) is 0.611. The molecule has 21 heavy (non-hydrogen) atoms. The van der Waals surface area contributed by atoms with Crippen LogP contribution in [0.1, 0.15) is 53.5 Å². The molecule has 1 atom stereocenters. The van der Waals surface area contributed by atoms with Crippen LogP contribution < -0.4 is 10.1 Å². The van der Waals surface area contributed by atoms with Crippen LogP contribution in [0.15, 0.2) is 24.3 Å². The van der Waals surface area contributed by atoms with Crippen molar-refractivity contribution in [2.45, 2.75) is 59.5 Å². The Bertz CT molecular complexity index is 461. The van der Waals surface area contributed by atoms with Crippen molar-refractivity contribution < 1.29 is 9.53 Å². The first-order chi connectivity index (χ1) is 9.71. The highest BCUT2D eigenvalue weighted by molar-refractivity contribution is 5.80. The van der Waals surface area contributed by atoms with Crippen molar-refractivity contribution in [2.24, 2.45) is 5.92 Å². The van der Waals surface area contributed by atoms with E-state index < -0.39 is 6.10 Å². The molecule has 0 aliphatic heterocycles. The van der Waals surface area contributed by atoms with Gasteiger partial charge in [0.15, 0.2) is 6.10 Å². The molecule has 0 saturated carbocycles. The molecule has 1 aromatic rings. The van der Waals surface area contributed by atoms with E-state index >= 15 is 0 Å². The van der Waals surface area contributed by atoms with Gasteiger partial charge in [0.05, 0.1) is 0 Å². The molecule has 1 rings (SSSR count). The molecule has 0 aromatic heterocycles. The van der Waals surface area contributed by atoms with Crippen molar-refractivity contribution in [3.63, 3.8) is 0 Å². The van der Waals surface area contributed by atoms with Crippen LogP contribution in [-0.2, 0) is 10.2 Å². The Kier molecular flexibility index (Phi) is 6.25. The number of rotatable bonds is 6. The average molecular weight is 291 g/mol. The molecule has 118 valence electrons. The zero-order valence-electron chi connectivity index (χ0n) is 14.2. The quantitative estimate of drug-likeness (QED) is 0.863. The van der Waals surface area contributed by atoms with Crippen LogP contribution in [0.25, 0.3) is 0 Å². The summed E-state index contributed by atoms with van der Waals surface area (Å²) in [5.41, 5.74) is 1.11. The lowest BCUT2D eigenvalue weighted by Gasteiger charge is -2.24. The summed E-state index contributed by atoms with van der Waals surface area (Å²) in [5, 5.41) is 2.93. The van der Waals surface area contributed by atoms with Gasteiger partial charge in [-0.05, 0) is 36.3 Å². The van der Waals surface area contributed by atoms with Gasteiger partial charge in [-0.2, -0.15) is 0 Å². The monoisotopic (exact) mass is 291 g/mol. The molecule has 0 heterocycles. The van der Waals surface area contributed by atoms with E-state index in [0.29, 0.717) is 12.5 Å². The third kappa shape index (κ3) is 5.78. The summed E-state index contributed by atoms with van der Waals surface area (Å²) in [4.78, 5) is 12.1. The van der Waals surface area contributed by atoms with Crippen molar-refractivity contribution in [2.75, 3.05) is 6.54 Å². The van der Waals surface area contributed by atoms with E-state index in [4.69, 9.17) is 4.74 Å². The predicted octanol–water partition coefficient (Wildman–Crippen LogP) is 3.91. The summed E-state index contributed by atoms with van der Waals surface area (Å²) >= 11 is 0. The maximum Gasteiger partial charge on any atom is 0.260 e. The number of hydrogen-bond acceptors (Lipinski definition) is 2. The van der Waals surface area contributed by atoms with Crippen LogP contribution in [0.3, 0.4) is 0 Å². The van der Waals surface area contributed by atoms with E-state index in [9.17, 15) is 4.79 Å². The predicted molar refractivity (Wildman–Crippen MR) is 87.7 cm³/mol.